The highest BCUT2D eigenvalue weighted by atomic mass is 32.2. The van der Waals surface area contributed by atoms with Gasteiger partial charge in [0.1, 0.15) is 0 Å². The number of nitrogens with zero attached hydrogens (tertiary/aromatic N) is 1. The molecule has 1 fully saturated rings. The molecule has 1 aliphatic rings. The average molecular weight is 430 g/mol. The van der Waals surface area contributed by atoms with Crippen molar-refractivity contribution in [2.24, 2.45) is 0 Å². The lowest BCUT2D eigenvalue weighted by Gasteiger charge is -2.18. The number of carbonyl (C=O) groups excluding carboxylic acids is 2. The Balaban J connectivity index is 1.92. The summed E-state index contributed by atoms with van der Waals surface area (Å²) in [5.41, 5.74) is 3.31. The van der Waals surface area contributed by atoms with Crippen LogP contribution in [0.3, 0.4) is 0 Å². The minimum atomic E-state index is -3.70. The zero-order chi connectivity index (χ0) is 22.1. The summed E-state index contributed by atoms with van der Waals surface area (Å²) in [6, 6.07) is 8.27. The molecule has 3 rings (SSSR count). The van der Waals surface area contributed by atoms with Crippen LogP contribution in [0, 0.1) is 20.8 Å². The average Bonchev–Trinajstić information content (AvgIpc) is 3.25. The fraction of sp³-hybridized carbons (Fsp3) is 0.364. The van der Waals surface area contributed by atoms with Gasteiger partial charge in [0.2, 0.25) is 10.0 Å². The van der Waals surface area contributed by atoms with Gasteiger partial charge in [-0.15, -0.1) is 0 Å². The van der Waals surface area contributed by atoms with Gasteiger partial charge in [0, 0.05) is 29.9 Å². The van der Waals surface area contributed by atoms with E-state index in [0.717, 1.165) is 25.9 Å². The standard InChI is InChI=1S/C22H27N3O4S/c1-14-12-17(13-20(15(14)2)30(28,29)23-4)21(26)24-19-9-7-8-18(16(19)3)22(27)25-10-5-6-11-25/h7-9,12-13,23H,5-6,10-11H2,1-4H3,(H,24,26). The highest BCUT2D eigenvalue weighted by molar-refractivity contribution is 7.89. The van der Waals surface area contributed by atoms with Crippen LogP contribution in [0.25, 0.3) is 0 Å². The molecule has 0 atom stereocenters. The molecule has 2 N–H and O–H groups in total. The molecule has 1 aliphatic heterocycles. The van der Waals surface area contributed by atoms with Gasteiger partial charge in [0.15, 0.2) is 0 Å². The first kappa shape index (κ1) is 22.0. The van der Waals surface area contributed by atoms with Gasteiger partial charge in [-0.25, -0.2) is 13.1 Å². The number of nitrogens with one attached hydrogen (secondary N) is 2. The molecule has 0 saturated carbocycles. The van der Waals surface area contributed by atoms with Gasteiger partial charge in [-0.2, -0.15) is 0 Å². The molecule has 0 bridgehead atoms. The second kappa shape index (κ2) is 8.57. The smallest absolute Gasteiger partial charge is 0.255 e. The van der Waals surface area contributed by atoms with Crippen molar-refractivity contribution < 1.29 is 18.0 Å². The minimum Gasteiger partial charge on any atom is -0.339 e. The third-order valence-electron chi connectivity index (χ3n) is 5.65. The number of sulfonamides is 1. The molecule has 2 amide bonds. The normalized spacial score (nSPS) is 14.1. The highest BCUT2D eigenvalue weighted by Crippen LogP contribution is 2.25. The number of anilines is 1. The fourth-order valence-electron chi connectivity index (χ4n) is 3.63. The lowest BCUT2D eigenvalue weighted by molar-refractivity contribution is 0.0791. The molecular formula is C22H27N3O4S. The van der Waals surface area contributed by atoms with Gasteiger partial charge in [-0.05, 0) is 81.6 Å². The molecule has 30 heavy (non-hydrogen) atoms. The number of likely N-dealkylation sites (tertiary alicyclic amines) is 1. The number of carbonyl (C=O) groups is 2. The maximum Gasteiger partial charge on any atom is 0.255 e. The van der Waals surface area contributed by atoms with Crippen molar-refractivity contribution in [2.45, 2.75) is 38.5 Å². The van der Waals surface area contributed by atoms with Crippen molar-refractivity contribution >= 4 is 27.5 Å². The van der Waals surface area contributed by atoms with E-state index in [1.807, 2.05) is 4.90 Å². The van der Waals surface area contributed by atoms with Gasteiger partial charge in [0.25, 0.3) is 11.8 Å². The molecule has 0 unspecified atom stereocenters. The van der Waals surface area contributed by atoms with E-state index in [9.17, 15) is 18.0 Å². The third kappa shape index (κ3) is 4.24. The van der Waals surface area contributed by atoms with Crippen LogP contribution in [0.4, 0.5) is 5.69 Å². The summed E-state index contributed by atoms with van der Waals surface area (Å²) in [5.74, 6) is -0.464. The van der Waals surface area contributed by atoms with Crippen molar-refractivity contribution in [1.29, 1.82) is 0 Å². The molecular weight excluding hydrogens is 402 g/mol. The Morgan fingerprint density at radius 3 is 2.30 bits per heavy atom. The summed E-state index contributed by atoms with van der Waals surface area (Å²) < 4.78 is 26.9. The maximum absolute atomic E-state index is 12.9. The predicted octanol–water partition coefficient (Wildman–Crippen LogP) is 3.01. The molecule has 1 heterocycles. The zero-order valence-corrected chi connectivity index (χ0v) is 18.5. The lowest BCUT2D eigenvalue weighted by Crippen LogP contribution is -2.28. The van der Waals surface area contributed by atoms with E-state index in [1.54, 1.807) is 45.0 Å². The van der Waals surface area contributed by atoms with E-state index in [0.29, 0.717) is 27.9 Å². The third-order valence-corrected chi connectivity index (χ3v) is 7.19. The van der Waals surface area contributed by atoms with Crippen LogP contribution in [0.15, 0.2) is 35.2 Å². The molecule has 0 aliphatic carbocycles. The first-order valence-electron chi connectivity index (χ1n) is 9.90. The Kier molecular flexibility index (Phi) is 6.28. The Bertz CT molecular complexity index is 1100. The lowest BCUT2D eigenvalue weighted by atomic mass is 10.0. The van der Waals surface area contributed by atoms with Gasteiger partial charge in [-0.1, -0.05) is 6.07 Å². The Hall–Kier alpha value is -2.71. The van der Waals surface area contributed by atoms with Gasteiger partial charge in [-0.3, -0.25) is 9.59 Å². The van der Waals surface area contributed by atoms with Crippen LogP contribution < -0.4 is 10.0 Å². The SMILES string of the molecule is CNS(=O)(=O)c1cc(C(=O)Nc2cccc(C(=O)N3CCCC3)c2C)cc(C)c1C. The van der Waals surface area contributed by atoms with Crippen molar-refractivity contribution in [3.05, 3.63) is 58.1 Å². The second-order valence-corrected chi connectivity index (χ2v) is 9.41. The van der Waals surface area contributed by atoms with Crippen LogP contribution in [-0.4, -0.2) is 45.3 Å². The van der Waals surface area contributed by atoms with E-state index >= 15 is 0 Å². The quantitative estimate of drug-likeness (QED) is 0.764. The zero-order valence-electron chi connectivity index (χ0n) is 17.7. The fourth-order valence-corrected chi connectivity index (χ4v) is 4.70. The van der Waals surface area contributed by atoms with Crippen molar-refractivity contribution in [1.82, 2.24) is 9.62 Å². The summed E-state index contributed by atoms with van der Waals surface area (Å²) in [4.78, 5) is 27.6. The first-order valence-corrected chi connectivity index (χ1v) is 11.4. The molecule has 1 saturated heterocycles. The van der Waals surface area contributed by atoms with E-state index in [1.165, 1.54) is 13.1 Å². The monoisotopic (exact) mass is 429 g/mol. The van der Waals surface area contributed by atoms with Gasteiger partial charge < -0.3 is 10.2 Å². The largest absolute Gasteiger partial charge is 0.339 e. The van der Waals surface area contributed by atoms with Gasteiger partial charge >= 0.3 is 0 Å². The van der Waals surface area contributed by atoms with E-state index in [2.05, 4.69) is 10.0 Å². The molecule has 0 radical (unpaired) electrons. The van der Waals surface area contributed by atoms with Crippen LogP contribution >= 0.6 is 0 Å². The Morgan fingerprint density at radius 2 is 1.67 bits per heavy atom. The number of hydrogen-bond donors (Lipinski definition) is 2. The molecule has 160 valence electrons. The summed E-state index contributed by atoms with van der Waals surface area (Å²) in [7, 11) is -2.36. The highest BCUT2D eigenvalue weighted by Gasteiger charge is 2.23. The summed E-state index contributed by atoms with van der Waals surface area (Å²) >= 11 is 0. The van der Waals surface area contributed by atoms with Gasteiger partial charge in [0.05, 0.1) is 4.90 Å². The van der Waals surface area contributed by atoms with E-state index in [-0.39, 0.29) is 16.4 Å². The molecule has 2 aromatic rings. The topological polar surface area (TPSA) is 95.6 Å². The van der Waals surface area contributed by atoms with Crippen LogP contribution in [0.2, 0.25) is 0 Å². The second-order valence-electron chi connectivity index (χ2n) is 7.56. The Labute approximate surface area is 177 Å². The summed E-state index contributed by atoms with van der Waals surface area (Å²) in [5, 5.41) is 2.83. The van der Waals surface area contributed by atoms with Crippen molar-refractivity contribution in [3.63, 3.8) is 0 Å². The number of benzene rings is 2. The van der Waals surface area contributed by atoms with Crippen molar-refractivity contribution in [2.75, 3.05) is 25.5 Å². The maximum atomic E-state index is 12.9. The Morgan fingerprint density at radius 1 is 1.00 bits per heavy atom. The molecule has 2 aromatic carbocycles. The molecule has 8 heteroatoms. The van der Waals surface area contributed by atoms with Crippen LogP contribution in [-0.2, 0) is 10.0 Å². The molecule has 0 aromatic heterocycles. The number of hydrogen-bond acceptors (Lipinski definition) is 4. The van der Waals surface area contributed by atoms with E-state index < -0.39 is 15.9 Å². The first-order chi connectivity index (χ1) is 14.2. The summed E-state index contributed by atoms with van der Waals surface area (Å²) in [6.07, 6.45) is 2.01. The number of rotatable bonds is 5. The van der Waals surface area contributed by atoms with Crippen LogP contribution in [0.5, 0.6) is 0 Å². The van der Waals surface area contributed by atoms with Crippen molar-refractivity contribution in [3.8, 4) is 0 Å². The number of amides is 2. The number of aryl methyl sites for hydroxylation is 1. The molecule has 0 spiro atoms. The minimum absolute atomic E-state index is 0.0327. The van der Waals surface area contributed by atoms with E-state index in [4.69, 9.17) is 0 Å². The predicted molar refractivity (Wildman–Crippen MR) is 116 cm³/mol. The summed E-state index contributed by atoms with van der Waals surface area (Å²) in [6.45, 7) is 6.77. The molecule has 7 nitrogen and oxygen atoms in total. The van der Waals surface area contributed by atoms with Crippen LogP contribution in [0.1, 0.15) is 50.2 Å².